The van der Waals surface area contributed by atoms with Gasteiger partial charge in [-0.15, -0.1) is 0 Å². The van der Waals surface area contributed by atoms with Crippen LogP contribution in [0.4, 0.5) is 5.69 Å². The molecule has 12 heteroatoms. The van der Waals surface area contributed by atoms with E-state index in [0.717, 1.165) is 5.56 Å². The Morgan fingerprint density at radius 3 is 2.11 bits per heavy atom. The van der Waals surface area contributed by atoms with Crippen molar-refractivity contribution in [3.05, 3.63) is 119 Å². The summed E-state index contributed by atoms with van der Waals surface area (Å²) in [5.41, 5.74) is 8.13. The first-order chi connectivity index (χ1) is 22.0. The maximum absolute atomic E-state index is 14.0. The summed E-state index contributed by atoms with van der Waals surface area (Å²) < 4.78 is 11.5. The molecular formula is C34H34N4O8. The van der Waals surface area contributed by atoms with Gasteiger partial charge in [0, 0.05) is 17.2 Å². The van der Waals surface area contributed by atoms with E-state index in [-0.39, 0.29) is 18.2 Å². The molecule has 4 aromatic carbocycles. The lowest BCUT2D eigenvalue weighted by atomic mass is 9.88. The minimum Gasteiger partial charge on any atom is -0.508 e. The number of rotatable bonds is 15. The molecule has 0 aliphatic rings. The monoisotopic (exact) mass is 626 g/mol. The standard InChI is InChI=1S/C34H34N4O8/c1-45-28-17-23(11-16-27(28)46-19-20-5-3-2-4-6-20)30(37-24-12-7-22(8-13-24)32(35)36)33(42)38-31(34(43)44)26(18-29(40)41)21-9-14-25(39)15-10-21/h2-17,26,30-31,37,39H,18-19H2,1H3,(H3,35,36)(H,38,42)(H,40,41)(H,43,44)/t26?,30-,31+/m1/s1. The zero-order chi connectivity index (χ0) is 33.2. The number of methoxy groups -OCH3 is 1. The van der Waals surface area contributed by atoms with Crippen molar-refractivity contribution in [2.75, 3.05) is 12.4 Å². The number of nitrogens with one attached hydrogen (secondary N) is 3. The summed E-state index contributed by atoms with van der Waals surface area (Å²) in [5.74, 6) is -4.14. The van der Waals surface area contributed by atoms with Crippen LogP contribution in [0.3, 0.4) is 0 Å². The number of nitrogen functional groups attached to an aromatic ring is 1. The fourth-order valence-electron chi connectivity index (χ4n) is 4.84. The number of phenolic OH excluding ortho intramolecular Hbond substituents is 1. The van der Waals surface area contributed by atoms with Gasteiger partial charge in [0.15, 0.2) is 11.5 Å². The SMILES string of the molecule is COc1cc([C@@H](Nc2ccc(C(=N)N)cc2)C(=O)N[C@H](C(=O)O)C(CC(=O)O)c2ccc(O)cc2)ccc1OCc1ccccc1. The normalized spacial score (nSPS) is 12.6. The van der Waals surface area contributed by atoms with Crippen molar-refractivity contribution in [1.82, 2.24) is 5.32 Å². The Morgan fingerprint density at radius 1 is 0.870 bits per heavy atom. The van der Waals surface area contributed by atoms with Crippen molar-refractivity contribution in [2.24, 2.45) is 5.73 Å². The number of hydrogen-bond acceptors (Lipinski definition) is 8. The van der Waals surface area contributed by atoms with Crippen LogP contribution in [0.15, 0.2) is 97.1 Å². The van der Waals surface area contributed by atoms with Gasteiger partial charge in [0.2, 0.25) is 5.91 Å². The van der Waals surface area contributed by atoms with Gasteiger partial charge in [-0.3, -0.25) is 15.0 Å². The molecule has 0 aliphatic carbocycles. The summed E-state index contributed by atoms with van der Waals surface area (Å²) in [7, 11) is 1.45. The van der Waals surface area contributed by atoms with Gasteiger partial charge >= 0.3 is 11.9 Å². The molecule has 238 valence electrons. The molecule has 0 fully saturated rings. The average Bonchev–Trinajstić information content (AvgIpc) is 3.05. The highest BCUT2D eigenvalue weighted by Gasteiger charge is 2.35. The van der Waals surface area contributed by atoms with Gasteiger partial charge < -0.3 is 41.2 Å². The minimum atomic E-state index is -1.65. The number of hydrogen-bond donors (Lipinski definition) is 7. The molecule has 4 rings (SSSR count). The lowest BCUT2D eigenvalue weighted by molar-refractivity contribution is -0.144. The number of ether oxygens (including phenoxy) is 2. The molecule has 0 spiro atoms. The van der Waals surface area contributed by atoms with Crippen LogP contribution in [0.1, 0.15) is 40.6 Å². The Bertz CT molecular complexity index is 1680. The van der Waals surface area contributed by atoms with E-state index in [1.807, 2.05) is 30.3 Å². The van der Waals surface area contributed by atoms with E-state index >= 15 is 0 Å². The molecule has 0 radical (unpaired) electrons. The number of benzene rings is 4. The number of carbonyl (C=O) groups excluding carboxylic acids is 1. The topological polar surface area (TPSA) is 204 Å². The van der Waals surface area contributed by atoms with E-state index in [1.165, 1.54) is 31.4 Å². The Kier molecular flexibility index (Phi) is 10.8. The Morgan fingerprint density at radius 2 is 1.52 bits per heavy atom. The fourth-order valence-corrected chi connectivity index (χ4v) is 4.84. The molecule has 46 heavy (non-hydrogen) atoms. The van der Waals surface area contributed by atoms with E-state index in [9.17, 15) is 29.7 Å². The number of amides is 1. The number of aromatic hydroxyl groups is 1. The van der Waals surface area contributed by atoms with E-state index in [4.69, 9.17) is 20.6 Å². The number of carboxylic acids is 2. The highest BCUT2D eigenvalue weighted by Crippen LogP contribution is 2.33. The van der Waals surface area contributed by atoms with Crippen LogP contribution in [0.25, 0.3) is 0 Å². The van der Waals surface area contributed by atoms with Crippen LogP contribution in [0.5, 0.6) is 17.2 Å². The number of anilines is 1. The molecule has 8 N–H and O–H groups in total. The molecule has 0 aliphatic heterocycles. The van der Waals surface area contributed by atoms with E-state index in [0.29, 0.717) is 33.9 Å². The van der Waals surface area contributed by atoms with Gasteiger partial charge in [-0.05, 0) is 65.2 Å². The predicted molar refractivity (Wildman–Crippen MR) is 170 cm³/mol. The Balaban J connectivity index is 1.68. The summed E-state index contributed by atoms with van der Waals surface area (Å²) in [4.78, 5) is 38.2. The van der Waals surface area contributed by atoms with Gasteiger partial charge in [-0.1, -0.05) is 48.5 Å². The van der Waals surface area contributed by atoms with Crippen molar-refractivity contribution in [3.8, 4) is 17.2 Å². The third-order valence-electron chi connectivity index (χ3n) is 7.21. The smallest absolute Gasteiger partial charge is 0.326 e. The first-order valence-electron chi connectivity index (χ1n) is 14.1. The van der Waals surface area contributed by atoms with Crippen LogP contribution in [0.2, 0.25) is 0 Å². The second-order valence-electron chi connectivity index (χ2n) is 10.4. The van der Waals surface area contributed by atoms with Gasteiger partial charge in [0.1, 0.15) is 30.3 Å². The van der Waals surface area contributed by atoms with E-state index < -0.39 is 42.3 Å². The summed E-state index contributed by atoms with van der Waals surface area (Å²) in [6.07, 6.45) is -0.603. The van der Waals surface area contributed by atoms with Crippen molar-refractivity contribution >= 4 is 29.4 Å². The number of nitrogens with two attached hydrogens (primary N) is 1. The fraction of sp³-hybridized carbons (Fsp3) is 0.176. The maximum atomic E-state index is 14.0. The molecule has 0 bridgehead atoms. The second-order valence-corrected chi connectivity index (χ2v) is 10.4. The molecular weight excluding hydrogens is 592 g/mol. The lowest BCUT2D eigenvalue weighted by Crippen LogP contribution is -2.48. The zero-order valence-corrected chi connectivity index (χ0v) is 24.8. The number of phenols is 1. The van der Waals surface area contributed by atoms with Crippen molar-refractivity contribution in [2.45, 2.75) is 31.0 Å². The third-order valence-corrected chi connectivity index (χ3v) is 7.21. The summed E-state index contributed by atoms with van der Waals surface area (Å²) >= 11 is 0. The van der Waals surface area contributed by atoms with Gasteiger partial charge in [-0.25, -0.2) is 4.79 Å². The van der Waals surface area contributed by atoms with Crippen LogP contribution >= 0.6 is 0 Å². The number of carboxylic acid groups (broad SMARTS) is 2. The summed E-state index contributed by atoms with van der Waals surface area (Å²) in [6.45, 7) is 0.268. The highest BCUT2D eigenvalue weighted by atomic mass is 16.5. The van der Waals surface area contributed by atoms with Crippen LogP contribution in [-0.2, 0) is 21.0 Å². The molecule has 4 aromatic rings. The zero-order valence-electron chi connectivity index (χ0n) is 24.8. The quantitative estimate of drug-likeness (QED) is 0.0738. The Labute approximate surface area is 264 Å². The Hall–Kier alpha value is -6.04. The van der Waals surface area contributed by atoms with Crippen LogP contribution in [-0.4, -0.2) is 52.2 Å². The number of carbonyl (C=O) groups is 3. The molecule has 3 atom stereocenters. The molecule has 0 saturated carbocycles. The van der Waals surface area contributed by atoms with E-state index in [2.05, 4.69) is 10.6 Å². The molecule has 0 aromatic heterocycles. The lowest BCUT2D eigenvalue weighted by Gasteiger charge is -2.27. The van der Waals surface area contributed by atoms with Crippen molar-refractivity contribution < 1.29 is 39.2 Å². The molecule has 12 nitrogen and oxygen atoms in total. The molecule has 1 unspecified atom stereocenters. The molecule has 0 saturated heterocycles. The number of aliphatic carboxylic acids is 2. The van der Waals surface area contributed by atoms with Crippen LogP contribution in [0, 0.1) is 5.41 Å². The highest BCUT2D eigenvalue weighted by molar-refractivity contribution is 5.95. The minimum absolute atomic E-state index is 0.0843. The van der Waals surface area contributed by atoms with Crippen LogP contribution < -0.4 is 25.8 Å². The molecule has 1 amide bonds. The largest absolute Gasteiger partial charge is 0.508 e. The van der Waals surface area contributed by atoms with Crippen molar-refractivity contribution in [1.29, 1.82) is 5.41 Å². The van der Waals surface area contributed by atoms with Crippen molar-refractivity contribution in [3.63, 3.8) is 0 Å². The predicted octanol–water partition coefficient (Wildman–Crippen LogP) is 4.24. The first-order valence-corrected chi connectivity index (χ1v) is 14.1. The maximum Gasteiger partial charge on any atom is 0.326 e. The third kappa shape index (κ3) is 8.53. The van der Waals surface area contributed by atoms with Gasteiger partial charge in [0.05, 0.1) is 13.5 Å². The summed E-state index contributed by atoms with van der Waals surface area (Å²) in [6, 6.07) is 23.4. The molecule has 0 heterocycles. The number of amidine groups is 1. The summed E-state index contributed by atoms with van der Waals surface area (Å²) in [5, 5.41) is 42.7. The van der Waals surface area contributed by atoms with E-state index in [1.54, 1.807) is 42.5 Å². The second kappa shape index (κ2) is 15.1. The average molecular weight is 627 g/mol. The first kappa shape index (κ1) is 32.9. The van der Waals surface area contributed by atoms with Gasteiger partial charge in [-0.2, -0.15) is 0 Å². The van der Waals surface area contributed by atoms with Gasteiger partial charge in [0.25, 0.3) is 0 Å².